The lowest BCUT2D eigenvalue weighted by molar-refractivity contribution is 0.0735. The van der Waals surface area contributed by atoms with Crippen LogP contribution in [0, 0.1) is 0 Å². The van der Waals surface area contributed by atoms with E-state index in [-0.39, 0.29) is 11.5 Å². The van der Waals surface area contributed by atoms with Crippen molar-refractivity contribution in [3.63, 3.8) is 0 Å². The van der Waals surface area contributed by atoms with Gasteiger partial charge >= 0.3 is 0 Å². The van der Waals surface area contributed by atoms with Crippen molar-refractivity contribution in [3.8, 4) is 0 Å². The van der Waals surface area contributed by atoms with Gasteiger partial charge in [-0.25, -0.2) is 0 Å². The first kappa shape index (κ1) is 10.9. The first-order valence-electron chi connectivity index (χ1n) is 5.34. The number of aromatic nitrogens is 1. The van der Waals surface area contributed by atoms with Gasteiger partial charge in [0.25, 0.3) is 5.91 Å². The smallest absolute Gasteiger partial charge is 0.270 e. The van der Waals surface area contributed by atoms with Crippen molar-refractivity contribution in [1.29, 1.82) is 0 Å². The van der Waals surface area contributed by atoms with Gasteiger partial charge in [0, 0.05) is 25.8 Å². The molecular formula is C11H14N2O3. The number of nitrogens with one attached hydrogen (secondary N) is 1. The highest BCUT2D eigenvalue weighted by molar-refractivity contribution is 5.92. The molecule has 16 heavy (non-hydrogen) atoms. The summed E-state index contributed by atoms with van der Waals surface area (Å²) in [5.41, 5.74) is 0.0892. The second-order valence-corrected chi connectivity index (χ2v) is 3.69. The zero-order valence-corrected chi connectivity index (χ0v) is 8.94. The number of H-pyrrole nitrogens is 1. The van der Waals surface area contributed by atoms with Gasteiger partial charge in [-0.2, -0.15) is 0 Å². The number of carbonyl (C=O) groups excluding carboxylic acids is 1. The van der Waals surface area contributed by atoms with Crippen molar-refractivity contribution >= 4 is 5.91 Å². The van der Waals surface area contributed by atoms with Crippen LogP contribution >= 0.6 is 0 Å². The highest BCUT2D eigenvalue weighted by Gasteiger charge is 2.17. The minimum Gasteiger partial charge on any atom is -0.380 e. The summed E-state index contributed by atoms with van der Waals surface area (Å²) in [6.45, 7) is 2.50. The van der Waals surface area contributed by atoms with Crippen molar-refractivity contribution in [3.05, 3.63) is 34.2 Å². The molecule has 1 aliphatic heterocycles. The molecule has 0 saturated carbocycles. The number of nitrogens with zero attached hydrogens (tertiary/aromatic N) is 1. The van der Waals surface area contributed by atoms with E-state index in [1.54, 1.807) is 17.0 Å². The maximum atomic E-state index is 12.0. The van der Waals surface area contributed by atoms with Gasteiger partial charge in [0.1, 0.15) is 5.69 Å². The molecule has 0 atom stereocenters. The Morgan fingerprint density at radius 1 is 1.31 bits per heavy atom. The van der Waals surface area contributed by atoms with Crippen LogP contribution < -0.4 is 5.56 Å². The van der Waals surface area contributed by atoms with E-state index in [0.29, 0.717) is 32.0 Å². The van der Waals surface area contributed by atoms with E-state index in [4.69, 9.17) is 4.74 Å². The Morgan fingerprint density at radius 3 is 3.00 bits per heavy atom. The lowest BCUT2D eigenvalue weighted by Gasteiger charge is -2.19. The number of ether oxygens (including phenoxy) is 1. The quantitative estimate of drug-likeness (QED) is 0.740. The molecule has 1 aromatic rings. The predicted octanol–water partition coefficient (Wildman–Crippen LogP) is 0.237. The van der Waals surface area contributed by atoms with Gasteiger partial charge in [0.15, 0.2) is 0 Å². The molecule has 1 aromatic heterocycles. The van der Waals surface area contributed by atoms with Crippen molar-refractivity contribution < 1.29 is 9.53 Å². The highest BCUT2D eigenvalue weighted by atomic mass is 16.5. The summed E-state index contributed by atoms with van der Waals surface area (Å²) >= 11 is 0. The molecule has 0 aliphatic carbocycles. The SMILES string of the molecule is O=C(c1cccc(=O)[nH]1)N1CCCOCC1. The fraction of sp³-hybridized carbons (Fsp3) is 0.455. The lowest BCUT2D eigenvalue weighted by Crippen LogP contribution is -2.34. The molecule has 1 saturated heterocycles. The molecule has 2 heterocycles. The lowest BCUT2D eigenvalue weighted by atomic mass is 10.3. The Balaban J connectivity index is 2.14. The monoisotopic (exact) mass is 222 g/mol. The highest BCUT2D eigenvalue weighted by Crippen LogP contribution is 2.04. The minimum absolute atomic E-state index is 0.136. The van der Waals surface area contributed by atoms with Crippen LogP contribution in [0.5, 0.6) is 0 Å². The number of hydrogen-bond donors (Lipinski definition) is 1. The molecule has 1 fully saturated rings. The van der Waals surface area contributed by atoms with E-state index in [2.05, 4.69) is 4.98 Å². The van der Waals surface area contributed by atoms with Crippen molar-refractivity contribution in [2.24, 2.45) is 0 Å². The second-order valence-electron chi connectivity index (χ2n) is 3.69. The molecule has 1 aliphatic rings. The molecule has 0 unspecified atom stereocenters. The zero-order valence-electron chi connectivity index (χ0n) is 8.94. The van der Waals surface area contributed by atoms with E-state index in [1.165, 1.54) is 6.07 Å². The Bertz CT molecular complexity index is 419. The summed E-state index contributed by atoms with van der Waals surface area (Å²) in [7, 11) is 0. The Morgan fingerprint density at radius 2 is 2.19 bits per heavy atom. The van der Waals surface area contributed by atoms with Gasteiger partial charge in [-0.15, -0.1) is 0 Å². The molecule has 1 N–H and O–H groups in total. The summed E-state index contributed by atoms with van der Waals surface area (Å²) in [5, 5.41) is 0. The third-order valence-corrected chi connectivity index (χ3v) is 2.51. The Hall–Kier alpha value is -1.62. The third kappa shape index (κ3) is 2.49. The van der Waals surface area contributed by atoms with Crippen molar-refractivity contribution in [1.82, 2.24) is 9.88 Å². The van der Waals surface area contributed by atoms with Crippen LogP contribution in [0.1, 0.15) is 16.9 Å². The number of carbonyl (C=O) groups is 1. The van der Waals surface area contributed by atoms with E-state index < -0.39 is 0 Å². The van der Waals surface area contributed by atoms with E-state index >= 15 is 0 Å². The molecule has 0 radical (unpaired) electrons. The summed E-state index contributed by atoms with van der Waals surface area (Å²) in [6, 6.07) is 4.60. The van der Waals surface area contributed by atoms with Gasteiger partial charge in [-0.05, 0) is 12.5 Å². The first-order chi connectivity index (χ1) is 7.77. The average molecular weight is 222 g/mol. The number of rotatable bonds is 1. The Kier molecular flexibility index (Phi) is 3.36. The molecule has 5 nitrogen and oxygen atoms in total. The van der Waals surface area contributed by atoms with Gasteiger partial charge in [0.05, 0.1) is 6.61 Å². The predicted molar refractivity (Wildman–Crippen MR) is 58.4 cm³/mol. The summed E-state index contributed by atoms with van der Waals surface area (Å²) in [5.74, 6) is -0.136. The normalized spacial score (nSPS) is 16.9. The maximum absolute atomic E-state index is 12.0. The topological polar surface area (TPSA) is 62.4 Å². The van der Waals surface area contributed by atoms with Crippen molar-refractivity contribution in [2.45, 2.75) is 6.42 Å². The number of amides is 1. The van der Waals surface area contributed by atoms with Gasteiger partial charge in [-0.1, -0.05) is 6.07 Å². The fourth-order valence-corrected chi connectivity index (χ4v) is 1.69. The average Bonchev–Trinajstić information content (AvgIpc) is 2.56. The number of hydrogen-bond acceptors (Lipinski definition) is 3. The van der Waals surface area contributed by atoms with Gasteiger partial charge in [0.2, 0.25) is 5.56 Å². The maximum Gasteiger partial charge on any atom is 0.270 e. The van der Waals surface area contributed by atoms with Crippen LogP contribution in [0.15, 0.2) is 23.0 Å². The number of aromatic amines is 1. The molecule has 2 rings (SSSR count). The summed E-state index contributed by atoms with van der Waals surface area (Å²) in [4.78, 5) is 27.3. The summed E-state index contributed by atoms with van der Waals surface area (Å²) < 4.78 is 5.27. The van der Waals surface area contributed by atoms with Gasteiger partial charge in [-0.3, -0.25) is 9.59 Å². The molecule has 5 heteroatoms. The van der Waals surface area contributed by atoms with Gasteiger partial charge < -0.3 is 14.6 Å². The second kappa shape index (κ2) is 4.94. The van der Waals surface area contributed by atoms with Crippen LogP contribution in [0.3, 0.4) is 0 Å². The van der Waals surface area contributed by atoms with E-state index in [0.717, 1.165) is 6.42 Å². The molecule has 86 valence electrons. The number of pyridine rings is 1. The standard InChI is InChI=1S/C11H14N2O3/c14-10-4-1-3-9(12-10)11(15)13-5-2-7-16-8-6-13/h1,3-4H,2,5-8H2,(H,12,14). The van der Waals surface area contributed by atoms with Crippen LogP contribution in [-0.4, -0.2) is 42.1 Å². The van der Waals surface area contributed by atoms with Crippen LogP contribution in [0.2, 0.25) is 0 Å². The molecule has 0 bridgehead atoms. The fourth-order valence-electron chi connectivity index (χ4n) is 1.69. The largest absolute Gasteiger partial charge is 0.380 e. The summed E-state index contributed by atoms with van der Waals surface area (Å²) in [6.07, 6.45) is 0.836. The van der Waals surface area contributed by atoms with E-state index in [9.17, 15) is 9.59 Å². The molecular weight excluding hydrogens is 208 g/mol. The van der Waals surface area contributed by atoms with Crippen LogP contribution in [-0.2, 0) is 4.74 Å². The Labute approximate surface area is 93.0 Å². The van der Waals surface area contributed by atoms with Crippen molar-refractivity contribution in [2.75, 3.05) is 26.3 Å². The van der Waals surface area contributed by atoms with Crippen LogP contribution in [0.4, 0.5) is 0 Å². The third-order valence-electron chi connectivity index (χ3n) is 2.51. The minimum atomic E-state index is -0.253. The molecule has 0 spiro atoms. The van der Waals surface area contributed by atoms with E-state index in [1.807, 2.05) is 0 Å². The van der Waals surface area contributed by atoms with Crippen LogP contribution in [0.25, 0.3) is 0 Å². The molecule has 0 aromatic carbocycles. The zero-order chi connectivity index (χ0) is 11.4. The molecule has 1 amide bonds. The first-order valence-corrected chi connectivity index (χ1v) is 5.34.